The second-order valence-electron chi connectivity index (χ2n) is 5.89. The number of fused-ring (bicyclic) bond motifs is 1. The summed E-state index contributed by atoms with van der Waals surface area (Å²) < 4.78 is 25.7. The first kappa shape index (κ1) is 10.3. The minimum absolute atomic E-state index is 0.0250. The van der Waals surface area contributed by atoms with E-state index in [1.54, 1.807) is 0 Å². The number of halogens is 2. The van der Waals surface area contributed by atoms with Crippen LogP contribution in [0.2, 0.25) is 0 Å². The summed E-state index contributed by atoms with van der Waals surface area (Å²) in [6.45, 7) is 8.41. The molecule has 0 unspecified atom stereocenters. The fourth-order valence-electron chi connectivity index (χ4n) is 3.30. The summed E-state index contributed by atoms with van der Waals surface area (Å²) in [6.07, 6.45) is -0.763. The van der Waals surface area contributed by atoms with Crippen molar-refractivity contribution < 1.29 is 8.78 Å². The highest BCUT2D eigenvalue weighted by atomic mass is 19.3. The van der Waals surface area contributed by atoms with Crippen molar-refractivity contribution in [3.05, 3.63) is 0 Å². The molecule has 0 amide bonds. The van der Waals surface area contributed by atoms with Crippen LogP contribution in [-0.4, -0.2) is 28.9 Å². The van der Waals surface area contributed by atoms with Crippen LogP contribution < -0.4 is 0 Å². The number of hydrogen-bond donors (Lipinski definition) is 0. The van der Waals surface area contributed by atoms with E-state index in [1.807, 2.05) is 0 Å². The van der Waals surface area contributed by atoms with Crippen molar-refractivity contribution >= 4 is 0 Å². The highest BCUT2D eigenvalue weighted by Gasteiger charge is 2.69. The molecule has 0 aromatic carbocycles. The molecule has 1 heterocycles. The van der Waals surface area contributed by atoms with Gasteiger partial charge in [0, 0.05) is 23.0 Å². The Kier molecular flexibility index (Phi) is 1.98. The summed E-state index contributed by atoms with van der Waals surface area (Å²) in [5, 5.41) is 0. The van der Waals surface area contributed by atoms with E-state index < -0.39 is 11.8 Å². The Bertz CT molecular complexity index is 246. The highest BCUT2D eigenvalue weighted by molar-refractivity contribution is 5.19. The molecule has 0 aromatic heterocycles. The Morgan fingerprint density at radius 1 is 1.29 bits per heavy atom. The van der Waals surface area contributed by atoms with E-state index in [0.717, 1.165) is 0 Å². The second-order valence-corrected chi connectivity index (χ2v) is 5.89. The molecule has 1 saturated carbocycles. The van der Waals surface area contributed by atoms with Crippen LogP contribution >= 0.6 is 0 Å². The van der Waals surface area contributed by atoms with Gasteiger partial charge in [0.25, 0.3) is 0 Å². The van der Waals surface area contributed by atoms with Crippen molar-refractivity contribution in [2.45, 2.75) is 64.6 Å². The highest BCUT2D eigenvalue weighted by Crippen LogP contribution is 2.64. The molecular weight excluding hydrogens is 184 g/mol. The van der Waals surface area contributed by atoms with Gasteiger partial charge in [0.2, 0.25) is 6.43 Å². The zero-order valence-electron chi connectivity index (χ0n) is 9.35. The van der Waals surface area contributed by atoms with Crippen molar-refractivity contribution in [3.63, 3.8) is 0 Å². The van der Waals surface area contributed by atoms with Gasteiger partial charge in [-0.05, 0) is 40.5 Å². The van der Waals surface area contributed by atoms with Gasteiger partial charge < -0.3 is 0 Å². The van der Waals surface area contributed by atoms with E-state index in [1.165, 1.54) is 0 Å². The van der Waals surface area contributed by atoms with Crippen molar-refractivity contribution in [1.82, 2.24) is 4.90 Å². The summed E-state index contributed by atoms with van der Waals surface area (Å²) >= 11 is 0. The van der Waals surface area contributed by atoms with Gasteiger partial charge in [0.1, 0.15) is 0 Å². The van der Waals surface area contributed by atoms with Crippen LogP contribution in [0.5, 0.6) is 0 Å². The molecule has 3 heteroatoms. The van der Waals surface area contributed by atoms with Gasteiger partial charge in [-0.3, -0.25) is 4.90 Å². The second kappa shape index (κ2) is 2.69. The summed E-state index contributed by atoms with van der Waals surface area (Å²) in [7, 11) is 0. The molecule has 2 fully saturated rings. The normalized spacial score (nSPS) is 43.1. The van der Waals surface area contributed by atoms with E-state index >= 15 is 0 Å². The Balaban J connectivity index is 2.18. The van der Waals surface area contributed by atoms with Gasteiger partial charge >= 0.3 is 0 Å². The van der Waals surface area contributed by atoms with Gasteiger partial charge in [-0.1, -0.05) is 0 Å². The predicted molar refractivity (Wildman–Crippen MR) is 52.5 cm³/mol. The summed E-state index contributed by atoms with van der Waals surface area (Å²) in [6, 6.07) is 0.445. The van der Waals surface area contributed by atoms with Gasteiger partial charge in [0.05, 0.1) is 0 Å². The Morgan fingerprint density at radius 2 is 1.86 bits per heavy atom. The van der Waals surface area contributed by atoms with Crippen molar-refractivity contribution in [2.24, 2.45) is 5.41 Å². The molecule has 0 N–H and O–H groups in total. The van der Waals surface area contributed by atoms with Crippen LogP contribution in [0.1, 0.15) is 40.5 Å². The monoisotopic (exact) mass is 203 g/mol. The number of alkyl halides is 2. The number of nitrogens with zero attached hydrogens (tertiary/aromatic N) is 1. The molecule has 0 bridgehead atoms. The molecule has 1 nitrogen and oxygen atoms in total. The van der Waals surface area contributed by atoms with Crippen LogP contribution in [0.25, 0.3) is 0 Å². The summed E-state index contributed by atoms with van der Waals surface area (Å²) in [4.78, 5) is 2.28. The number of piperidine rings is 1. The van der Waals surface area contributed by atoms with E-state index in [9.17, 15) is 8.78 Å². The van der Waals surface area contributed by atoms with Crippen molar-refractivity contribution in [1.29, 1.82) is 0 Å². The van der Waals surface area contributed by atoms with Crippen LogP contribution in [-0.2, 0) is 0 Å². The molecule has 82 valence electrons. The molecule has 14 heavy (non-hydrogen) atoms. The lowest BCUT2D eigenvalue weighted by molar-refractivity contribution is 0.0585. The molecule has 0 radical (unpaired) electrons. The van der Waals surface area contributed by atoms with Gasteiger partial charge in [-0.25, -0.2) is 8.78 Å². The van der Waals surface area contributed by atoms with Crippen LogP contribution in [0.4, 0.5) is 8.78 Å². The van der Waals surface area contributed by atoms with Gasteiger partial charge in [-0.15, -0.1) is 0 Å². The topological polar surface area (TPSA) is 3.24 Å². The smallest absolute Gasteiger partial charge is 0.245 e. The van der Waals surface area contributed by atoms with E-state index in [4.69, 9.17) is 0 Å². The lowest BCUT2D eigenvalue weighted by Crippen LogP contribution is -2.45. The molecule has 0 spiro atoms. The molecule has 3 atom stereocenters. The SMILES string of the molecule is C[C@@H]1C[C@@]2(C(F)F)C[C@H]2N1C(C)(C)C. The molecule has 1 aliphatic heterocycles. The minimum atomic E-state index is -2.14. The Morgan fingerprint density at radius 3 is 2.14 bits per heavy atom. The zero-order chi connectivity index (χ0) is 10.7. The van der Waals surface area contributed by atoms with Crippen molar-refractivity contribution in [2.75, 3.05) is 0 Å². The summed E-state index contributed by atoms with van der Waals surface area (Å²) in [5.41, 5.74) is -0.621. The number of rotatable bonds is 1. The quantitative estimate of drug-likeness (QED) is 0.633. The van der Waals surface area contributed by atoms with Crippen LogP contribution in [0, 0.1) is 5.41 Å². The molecule has 2 rings (SSSR count). The predicted octanol–water partition coefficient (Wildman–Crippen LogP) is 2.90. The number of hydrogen-bond acceptors (Lipinski definition) is 1. The minimum Gasteiger partial charge on any atom is -0.292 e. The Hall–Kier alpha value is -0.180. The first-order chi connectivity index (χ1) is 6.29. The maximum atomic E-state index is 12.9. The Labute approximate surface area is 84.5 Å². The average molecular weight is 203 g/mol. The third kappa shape index (κ3) is 1.21. The van der Waals surface area contributed by atoms with E-state index in [-0.39, 0.29) is 11.6 Å². The summed E-state index contributed by atoms with van der Waals surface area (Å²) in [5.74, 6) is 0. The van der Waals surface area contributed by atoms with Gasteiger partial charge in [0.15, 0.2) is 0 Å². The lowest BCUT2D eigenvalue weighted by Gasteiger charge is -2.37. The van der Waals surface area contributed by atoms with Crippen LogP contribution in [0.3, 0.4) is 0 Å². The molecule has 1 saturated heterocycles. The third-order valence-corrected chi connectivity index (χ3v) is 3.77. The molecule has 2 aliphatic rings. The number of likely N-dealkylation sites (tertiary alicyclic amines) is 1. The largest absolute Gasteiger partial charge is 0.292 e. The molecule has 0 aromatic rings. The standard InChI is InChI=1S/C11H19F2N/c1-7-5-11(9(12)13)6-8(11)14(7)10(2,3)4/h7-9H,5-6H2,1-4H3/t7-,8-,11-/m1/s1. The molecule has 1 aliphatic carbocycles. The maximum Gasteiger partial charge on any atom is 0.245 e. The third-order valence-electron chi connectivity index (χ3n) is 3.77. The fourth-order valence-corrected chi connectivity index (χ4v) is 3.30. The lowest BCUT2D eigenvalue weighted by atomic mass is 10.00. The first-order valence-electron chi connectivity index (χ1n) is 5.35. The first-order valence-corrected chi connectivity index (χ1v) is 5.35. The fraction of sp³-hybridized carbons (Fsp3) is 1.00. The average Bonchev–Trinajstić information content (AvgIpc) is 2.55. The van der Waals surface area contributed by atoms with Gasteiger partial charge in [-0.2, -0.15) is 0 Å². The maximum absolute atomic E-state index is 12.9. The zero-order valence-corrected chi connectivity index (χ0v) is 9.35. The van der Waals surface area contributed by atoms with E-state index in [0.29, 0.717) is 18.9 Å². The van der Waals surface area contributed by atoms with Crippen LogP contribution in [0.15, 0.2) is 0 Å². The van der Waals surface area contributed by atoms with Crippen molar-refractivity contribution in [3.8, 4) is 0 Å². The van der Waals surface area contributed by atoms with E-state index in [2.05, 4.69) is 32.6 Å². The molecular formula is C11H19F2N.